The van der Waals surface area contributed by atoms with E-state index in [1.165, 1.54) is 25.6 Å². The highest BCUT2D eigenvalue weighted by atomic mass is 16.2. The standard InChI is InChI=1S/C17H20N6O/c24-16(13-4-7-18-10-19-13)23-8-12(17(9-23)5-1-6-17)15-20-14(21-22-15)11-2-3-11/h4,7,10-12H,1-3,5-6,8-9H2,(H,20,21,22). The highest BCUT2D eigenvalue weighted by Gasteiger charge is 2.53. The number of amides is 1. The fourth-order valence-electron chi connectivity index (χ4n) is 4.18. The van der Waals surface area contributed by atoms with Gasteiger partial charge in [-0.2, -0.15) is 5.10 Å². The van der Waals surface area contributed by atoms with E-state index in [9.17, 15) is 4.79 Å². The number of nitrogens with zero attached hydrogens (tertiary/aromatic N) is 5. The Kier molecular flexibility index (Phi) is 2.98. The molecule has 2 saturated carbocycles. The minimum atomic E-state index is -0.00638. The van der Waals surface area contributed by atoms with Gasteiger partial charge in [-0.3, -0.25) is 9.89 Å². The monoisotopic (exact) mass is 324 g/mol. The van der Waals surface area contributed by atoms with Crippen LogP contribution in [-0.2, 0) is 0 Å². The second kappa shape index (κ2) is 5.09. The van der Waals surface area contributed by atoms with Crippen molar-refractivity contribution in [3.8, 4) is 0 Å². The third-order valence-electron chi connectivity index (χ3n) is 5.88. The number of hydrogen-bond acceptors (Lipinski definition) is 5. The predicted molar refractivity (Wildman–Crippen MR) is 85.3 cm³/mol. The van der Waals surface area contributed by atoms with Gasteiger partial charge in [-0.25, -0.2) is 15.0 Å². The van der Waals surface area contributed by atoms with Crippen LogP contribution in [0.1, 0.15) is 66.1 Å². The molecule has 2 aromatic rings. The van der Waals surface area contributed by atoms with Crippen molar-refractivity contribution in [2.24, 2.45) is 5.41 Å². The molecule has 0 bridgehead atoms. The van der Waals surface area contributed by atoms with E-state index in [2.05, 4.69) is 20.2 Å². The van der Waals surface area contributed by atoms with Crippen molar-refractivity contribution in [1.82, 2.24) is 30.0 Å². The fraction of sp³-hybridized carbons (Fsp3) is 0.588. The Balaban J connectivity index is 1.41. The van der Waals surface area contributed by atoms with E-state index in [1.807, 2.05) is 4.90 Å². The van der Waals surface area contributed by atoms with Gasteiger partial charge < -0.3 is 4.90 Å². The molecular weight excluding hydrogens is 304 g/mol. The summed E-state index contributed by atoms with van der Waals surface area (Å²) in [5.74, 6) is 2.73. The van der Waals surface area contributed by atoms with Crippen molar-refractivity contribution in [3.05, 3.63) is 35.9 Å². The van der Waals surface area contributed by atoms with E-state index in [0.717, 1.165) is 31.0 Å². The minimum absolute atomic E-state index is 0.00638. The number of carbonyl (C=O) groups is 1. The van der Waals surface area contributed by atoms with Gasteiger partial charge in [-0.1, -0.05) is 6.42 Å². The molecule has 1 amide bonds. The lowest BCUT2D eigenvalue weighted by molar-refractivity contribution is 0.0718. The number of aromatic nitrogens is 5. The van der Waals surface area contributed by atoms with Gasteiger partial charge in [0.1, 0.15) is 17.8 Å². The van der Waals surface area contributed by atoms with Crippen LogP contribution in [-0.4, -0.2) is 49.0 Å². The SMILES string of the molecule is O=C(c1ccncn1)N1CC(c2nc(C3CC3)n[nH]2)C2(CCC2)C1. The molecule has 1 saturated heterocycles. The molecule has 2 aliphatic carbocycles. The number of rotatable bonds is 3. The average Bonchev–Trinajstić information content (AvgIpc) is 3.17. The zero-order valence-electron chi connectivity index (χ0n) is 13.5. The summed E-state index contributed by atoms with van der Waals surface area (Å²) in [6.07, 6.45) is 8.99. The zero-order valence-corrected chi connectivity index (χ0v) is 13.5. The molecule has 3 fully saturated rings. The highest BCUT2D eigenvalue weighted by molar-refractivity contribution is 5.92. The summed E-state index contributed by atoms with van der Waals surface area (Å²) in [4.78, 5) is 27.5. The number of nitrogens with one attached hydrogen (secondary N) is 1. The lowest BCUT2D eigenvalue weighted by Crippen LogP contribution is -2.38. The van der Waals surface area contributed by atoms with Crippen LogP contribution in [0.25, 0.3) is 0 Å². The maximum absolute atomic E-state index is 12.8. The Hall–Kier alpha value is -2.31. The summed E-state index contributed by atoms with van der Waals surface area (Å²) in [5.41, 5.74) is 0.639. The number of hydrogen-bond donors (Lipinski definition) is 1. The van der Waals surface area contributed by atoms with Crippen LogP contribution in [0.2, 0.25) is 0 Å². The van der Waals surface area contributed by atoms with Crippen molar-refractivity contribution in [3.63, 3.8) is 0 Å². The van der Waals surface area contributed by atoms with Crippen LogP contribution in [0.5, 0.6) is 0 Å². The van der Waals surface area contributed by atoms with E-state index >= 15 is 0 Å². The summed E-state index contributed by atoms with van der Waals surface area (Å²) >= 11 is 0. The molecule has 1 N–H and O–H groups in total. The first kappa shape index (κ1) is 14.1. The first-order valence-electron chi connectivity index (χ1n) is 8.73. The van der Waals surface area contributed by atoms with E-state index in [-0.39, 0.29) is 17.2 Å². The molecule has 24 heavy (non-hydrogen) atoms. The van der Waals surface area contributed by atoms with Crippen molar-refractivity contribution in [2.75, 3.05) is 13.1 Å². The summed E-state index contributed by atoms with van der Waals surface area (Å²) in [7, 11) is 0. The van der Waals surface area contributed by atoms with Crippen molar-refractivity contribution in [2.45, 2.75) is 43.9 Å². The molecule has 7 heteroatoms. The summed E-state index contributed by atoms with van der Waals surface area (Å²) < 4.78 is 0. The molecule has 7 nitrogen and oxygen atoms in total. The number of H-pyrrole nitrogens is 1. The Morgan fingerprint density at radius 3 is 2.88 bits per heavy atom. The number of carbonyl (C=O) groups excluding carboxylic acids is 1. The predicted octanol–water partition coefficient (Wildman–Crippen LogP) is 1.88. The van der Waals surface area contributed by atoms with Gasteiger partial charge in [0, 0.05) is 31.1 Å². The summed E-state index contributed by atoms with van der Waals surface area (Å²) in [6.45, 7) is 1.49. The molecule has 1 unspecified atom stereocenters. The lowest BCUT2D eigenvalue weighted by atomic mass is 9.62. The molecule has 1 aliphatic heterocycles. The smallest absolute Gasteiger partial charge is 0.272 e. The molecule has 124 valence electrons. The zero-order chi connectivity index (χ0) is 16.1. The van der Waals surface area contributed by atoms with E-state index in [4.69, 9.17) is 4.98 Å². The first-order chi connectivity index (χ1) is 11.8. The maximum atomic E-state index is 12.8. The largest absolute Gasteiger partial charge is 0.336 e. The summed E-state index contributed by atoms with van der Waals surface area (Å²) in [6, 6.07) is 1.68. The third-order valence-corrected chi connectivity index (χ3v) is 5.88. The van der Waals surface area contributed by atoms with Gasteiger partial charge in [0.15, 0.2) is 5.82 Å². The molecule has 1 atom stereocenters. The number of aromatic amines is 1. The maximum Gasteiger partial charge on any atom is 0.272 e. The number of likely N-dealkylation sites (tertiary alicyclic amines) is 1. The van der Waals surface area contributed by atoms with Gasteiger partial charge in [-0.05, 0) is 37.2 Å². The molecule has 3 heterocycles. The van der Waals surface area contributed by atoms with Crippen LogP contribution in [0.3, 0.4) is 0 Å². The molecule has 2 aromatic heterocycles. The second-order valence-electron chi connectivity index (χ2n) is 7.40. The van der Waals surface area contributed by atoms with Crippen molar-refractivity contribution in [1.29, 1.82) is 0 Å². The Bertz CT molecular complexity index is 764. The average molecular weight is 324 g/mol. The molecule has 1 spiro atoms. The van der Waals surface area contributed by atoms with Crippen molar-refractivity contribution >= 4 is 5.91 Å². The van der Waals surface area contributed by atoms with Gasteiger partial charge in [0.2, 0.25) is 0 Å². The van der Waals surface area contributed by atoms with Gasteiger partial charge in [0.25, 0.3) is 5.91 Å². The molecule has 3 aliphatic rings. The third kappa shape index (κ3) is 2.14. The van der Waals surface area contributed by atoms with Crippen LogP contribution >= 0.6 is 0 Å². The highest BCUT2D eigenvalue weighted by Crippen LogP contribution is 2.55. The van der Waals surface area contributed by atoms with Gasteiger partial charge >= 0.3 is 0 Å². The quantitative estimate of drug-likeness (QED) is 0.931. The van der Waals surface area contributed by atoms with Crippen LogP contribution in [0.4, 0.5) is 0 Å². The van der Waals surface area contributed by atoms with E-state index in [0.29, 0.717) is 18.2 Å². The molecule has 0 radical (unpaired) electrons. The molecular formula is C17H20N6O. The normalized spacial score (nSPS) is 25.0. The fourth-order valence-corrected chi connectivity index (χ4v) is 4.18. The second-order valence-corrected chi connectivity index (χ2v) is 7.40. The van der Waals surface area contributed by atoms with Crippen LogP contribution < -0.4 is 0 Å². The van der Waals surface area contributed by atoms with Crippen molar-refractivity contribution < 1.29 is 4.79 Å². The Morgan fingerprint density at radius 2 is 2.21 bits per heavy atom. The lowest BCUT2D eigenvalue weighted by Gasteiger charge is -2.41. The van der Waals surface area contributed by atoms with Crippen LogP contribution in [0.15, 0.2) is 18.6 Å². The Morgan fingerprint density at radius 1 is 1.33 bits per heavy atom. The van der Waals surface area contributed by atoms with Gasteiger partial charge in [0.05, 0.1) is 0 Å². The van der Waals surface area contributed by atoms with Crippen LogP contribution in [0, 0.1) is 5.41 Å². The van der Waals surface area contributed by atoms with E-state index in [1.54, 1.807) is 12.3 Å². The van der Waals surface area contributed by atoms with Gasteiger partial charge in [-0.15, -0.1) is 0 Å². The Labute approximate surface area is 139 Å². The topological polar surface area (TPSA) is 87.7 Å². The summed E-state index contributed by atoms with van der Waals surface area (Å²) in [5, 5.41) is 7.58. The molecule has 0 aromatic carbocycles. The molecule has 5 rings (SSSR count). The van der Waals surface area contributed by atoms with E-state index < -0.39 is 0 Å². The minimum Gasteiger partial charge on any atom is -0.336 e. The first-order valence-corrected chi connectivity index (χ1v) is 8.73.